The van der Waals surface area contributed by atoms with Crippen LogP contribution in [-0.2, 0) is 4.84 Å². The molecule has 86 valence electrons. The molecule has 0 unspecified atom stereocenters. The third-order valence-corrected chi connectivity index (χ3v) is 2.18. The van der Waals surface area contributed by atoms with Gasteiger partial charge in [-0.15, -0.1) is 12.4 Å². The number of hydrogen-bond acceptors (Lipinski definition) is 3. The molecule has 1 aliphatic rings. The highest BCUT2D eigenvalue weighted by molar-refractivity contribution is 5.85. The van der Waals surface area contributed by atoms with Gasteiger partial charge in [0.15, 0.2) is 0 Å². The van der Waals surface area contributed by atoms with E-state index in [-0.39, 0.29) is 12.4 Å². The van der Waals surface area contributed by atoms with Crippen LogP contribution in [0.15, 0.2) is 29.0 Å². The van der Waals surface area contributed by atoms with Crippen LogP contribution < -0.4 is 0 Å². The first-order valence-corrected chi connectivity index (χ1v) is 4.96. The zero-order valence-electron chi connectivity index (χ0n) is 9.35. The molecule has 0 saturated heterocycles. The molecule has 0 radical (unpaired) electrons. The molecular formula is C11H19ClN2O. The standard InChI is InChI=1S/C11H18N2O.ClH/c1-3-4-7-13-8-5-6-11(10-13)9-12-14-2;/h3-4,6,9H,5,7-8,10H2,1-2H3;1H. The molecule has 0 aliphatic carbocycles. The van der Waals surface area contributed by atoms with Crippen LogP contribution in [0.25, 0.3) is 0 Å². The maximum Gasteiger partial charge on any atom is 0.106 e. The predicted molar refractivity (Wildman–Crippen MR) is 66.7 cm³/mol. The van der Waals surface area contributed by atoms with Crippen molar-refractivity contribution in [1.82, 2.24) is 4.90 Å². The van der Waals surface area contributed by atoms with Crippen molar-refractivity contribution in [2.75, 3.05) is 26.7 Å². The van der Waals surface area contributed by atoms with Crippen molar-refractivity contribution in [1.29, 1.82) is 0 Å². The highest BCUT2D eigenvalue weighted by Crippen LogP contribution is 2.07. The first kappa shape index (κ1) is 14.2. The van der Waals surface area contributed by atoms with E-state index >= 15 is 0 Å². The van der Waals surface area contributed by atoms with Gasteiger partial charge in [-0.2, -0.15) is 0 Å². The first-order valence-electron chi connectivity index (χ1n) is 4.96. The Kier molecular flexibility index (Phi) is 8.05. The second kappa shape index (κ2) is 8.50. The van der Waals surface area contributed by atoms with E-state index < -0.39 is 0 Å². The summed E-state index contributed by atoms with van der Waals surface area (Å²) in [5.41, 5.74) is 1.24. The molecule has 0 aromatic rings. The number of halogens is 1. The van der Waals surface area contributed by atoms with Gasteiger partial charge < -0.3 is 4.84 Å². The molecule has 0 aromatic heterocycles. The summed E-state index contributed by atoms with van der Waals surface area (Å²) in [6, 6.07) is 0. The molecule has 15 heavy (non-hydrogen) atoms. The molecule has 0 amide bonds. The van der Waals surface area contributed by atoms with Crippen molar-refractivity contribution < 1.29 is 4.84 Å². The fourth-order valence-corrected chi connectivity index (χ4v) is 1.46. The second-order valence-electron chi connectivity index (χ2n) is 3.29. The van der Waals surface area contributed by atoms with Crippen LogP contribution in [0, 0.1) is 0 Å². The maximum atomic E-state index is 4.66. The molecule has 3 nitrogen and oxygen atoms in total. The third kappa shape index (κ3) is 5.60. The number of hydrogen-bond donors (Lipinski definition) is 0. The summed E-state index contributed by atoms with van der Waals surface area (Å²) in [5.74, 6) is 0. The minimum atomic E-state index is 0. The molecular weight excluding hydrogens is 212 g/mol. The number of rotatable bonds is 4. The average Bonchev–Trinajstić information content (AvgIpc) is 2.24. The Labute approximate surface area is 97.9 Å². The Morgan fingerprint density at radius 2 is 2.40 bits per heavy atom. The van der Waals surface area contributed by atoms with Crippen LogP contribution in [0.5, 0.6) is 0 Å². The third-order valence-electron chi connectivity index (χ3n) is 2.18. The van der Waals surface area contributed by atoms with Crippen molar-refractivity contribution in [3.63, 3.8) is 0 Å². The summed E-state index contributed by atoms with van der Waals surface area (Å²) < 4.78 is 0. The van der Waals surface area contributed by atoms with Gasteiger partial charge in [0.25, 0.3) is 0 Å². The number of allylic oxidation sites excluding steroid dienone is 1. The molecule has 0 saturated carbocycles. The molecule has 0 spiro atoms. The summed E-state index contributed by atoms with van der Waals surface area (Å²) in [6.07, 6.45) is 9.37. The summed E-state index contributed by atoms with van der Waals surface area (Å²) in [5, 5.41) is 3.77. The quantitative estimate of drug-likeness (QED) is 0.421. The Hall–Kier alpha value is -0.800. The highest BCUT2D eigenvalue weighted by atomic mass is 35.5. The summed E-state index contributed by atoms with van der Waals surface area (Å²) in [7, 11) is 1.57. The Bertz CT molecular complexity index is 249. The van der Waals surface area contributed by atoms with E-state index in [1.54, 1.807) is 13.3 Å². The molecule has 0 N–H and O–H groups in total. The van der Waals surface area contributed by atoms with Crippen LogP contribution in [0.2, 0.25) is 0 Å². The molecule has 0 bridgehead atoms. The number of nitrogens with zero attached hydrogens (tertiary/aromatic N) is 2. The van der Waals surface area contributed by atoms with Gasteiger partial charge in [0.05, 0.1) is 6.21 Å². The second-order valence-corrected chi connectivity index (χ2v) is 3.29. The van der Waals surface area contributed by atoms with Crippen LogP contribution in [0.4, 0.5) is 0 Å². The van der Waals surface area contributed by atoms with Crippen molar-refractivity contribution in [3.8, 4) is 0 Å². The minimum Gasteiger partial charge on any atom is -0.399 e. The van der Waals surface area contributed by atoms with E-state index in [1.807, 2.05) is 6.92 Å². The zero-order valence-corrected chi connectivity index (χ0v) is 10.2. The monoisotopic (exact) mass is 230 g/mol. The van der Waals surface area contributed by atoms with Gasteiger partial charge in [-0.3, -0.25) is 4.90 Å². The van der Waals surface area contributed by atoms with Crippen molar-refractivity contribution in [2.24, 2.45) is 5.16 Å². The molecule has 0 aromatic carbocycles. The SMILES string of the molecule is CC=CCN1CCC=C(C=NOC)C1.Cl. The fourth-order valence-electron chi connectivity index (χ4n) is 1.46. The fraction of sp³-hybridized carbons (Fsp3) is 0.545. The number of oxime groups is 1. The van der Waals surface area contributed by atoms with Crippen molar-refractivity contribution in [2.45, 2.75) is 13.3 Å². The molecule has 1 aliphatic heterocycles. The van der Waals surface area contributed by atoms with Gasteiger partial charge in [-0.25, -0.2) is 0 Å². The van der Waals surface area contributed by atoms with Crippen LogP contribution in [0.3, 0.4) is 0 Å². The molecule has 1 heterocycles. The van der Waals surface area contributed by atoms with E-state index in [1.165, 1.54) is 5.57 Å². The summed E-state index contributed by atoms with van der Waals surface area (Å²) in [6.45, 7) is 5.17. The zero-order chi connectivity index (χ0) is 10.2. The normalized spacial score (nSPS) is 17.9. The molecule has 0 atom stereocenters. The van der Waals surface area contributed by atoms with Gasteiger partial charge in [0.2, 0.25) is 0 Å². The van der Waals surface area contributed by atoms with Crippen molar-refractivity contribution in [3.05, 3.63) is 23.8 Å². The van der Waals surface area contributed by atoms with E-state index in [9.17, 15) is 0 Å². The Balaban J connectivity index is 0.00000196. The first-order chi connectivity index (χ1) is 6.86. The average molecular weight is 231 g/mol. The van der Waals surface area contributed by atoms with Crippen LogP contribution in [-0.4, -0.2) is 37.9 Å². The lowest BCUT2D eigenvalue weighted by atomic mass is 10.1. The Morgan fingerprint density at radius 1 is 1.60 bits per heavy atom. The topological polar surface area (TPSA) is 24.8 Å². The predicted octanol–water partition coefficient (Wildman–Crippen LogP) is 2.25. The van der Waals surface area contributed by atoms with Gasteiger partial charge >= 0.3 is 0 Å². The van der Waals surface area contributed by atoms with E-state index in [2.05, 4.69) is 33.1 Å². The smallest absolute Gasteiger partial charge is 0.106 e. The molecule has 4 heteroatoms. The lowest BCUT2D eigenvalue weighted by Crippen LogP contribution is -2.30. The van der Waals surface area contributed by atoms with E-state index in [0.29, 0.717) is 0 Å². The van der Waals surface area contributed by atoms with Gasteiger partial charge in [-0.1, -0.05) is 23.4 Å². The van der Waals surface area contributed by atoms with Crippen LogP contribution >= 0.6 is 12.4 Å². The maximum absolute atomic E-state index is 4.66. The molecule has 0 fully saturated rings. The van der Waals surface area contributed by atoms with Gasteiger partial charge in [0, 0.05) is 19.6 Å². The lowest BCUT2D eigenvalue weighted by molar-refractivity contribution is 0.215. The minimum absolute atomic E-state index is 0. The molecule has 1 rings (SSSR count). The largest absolute Gasteiger partial charge is 0.399 e. The summed E-state index contributed by atoms with van der Waals surface area (Å²) >= 11 is 0. The lowest BCUT2D eigenvalue weighted by Gasteiger charge is -2.24. The summed E-state index contributed by atoms with van der Waals surface area (Å²) in [4.78, 5) is 7.04. The van der Waals surface area contributed by atoms with Crippen molar-refractivity contribution >= 4 is 18.6 Å². The van der Waals surface area contributed by atoms with Gasteiger partial charge in [-0.05, 0) is 18.9 Å². The van der Waals surface area contributed by atoms with E-state index in [0.717, 1.165) is 26.1 Å². The van der Waals surface area contributed by atoms with Gasteiger partial charge in [0.1, 0.15) is 7.11 Å². The highest BCUT2D eigenvalue weighted by Gasteiger charge is 2.09. The van der Waals surface area contributed by atoms with Crippen LogP contribution in [0.1, 0.15) is 13.3 Å². The van der Waals surface area contributed by atoms with E-state index in [4.69, 9.17) is 0 Å². The Morgan fingerprint density at radius 3 is 3.07 bits per heavy atom.